The molecule has 0 fully saturated rings. The summed E-state index contributed by atoms with van der Waals surface area (Å²) in [6, 6.07) is 11.8. The minimum Gasteiger partial charge on any atom is -0.497 e. The van der Waals surface area contributed by atoms with Crippen molar-refractivity contribution in [3.05, 3.63) is 58.9 Å². The topological polar surface area (TPSA) is 38.5 Å². The van der Waals surface area contributed by atoms with Crippen LogP contribution in [0.3, 0.4) is 0 Å². The molecular formula is C16H18ClFN2O. The third-order valence-electron chi connectivity index (χ3n) is 3.50. The molecule has 0 aliphatic rings. The van der Waals surface area contributed by atoms with Crippen molar-refractivity contribution in [2.75, 3.05) is 25.6 Å². The van der Waals surface area contributed by atoms with Gasteiger partial charge in [-0.05, 0) is 36.4 Å². The Bertz CT molecular complexity index is 583. The van der Waals surface area contributed by atoms with Gasteiger partial charge in [-0.3, -0.25) is 0 Å². The number of ether oxygens (including phenoxy) is 1. The van der Waals surface area contributed by atoms with E-state index in [0.717, 1.165) is 11.4 Å². The second-order valence-corrected chi connectivity index (χ2v) is 5.10. The molecular weight excluding hydrogens is 291 g/mol. The second-order valence-electron chi connectivity index (χ2n) is 4.70. The van der Waals surface area contributed by atoms with Crippen molar-refractivity contribution in [2.24, 2.45) is 5.73 Å². The third-order valence-corrected chi connectivity index (χ3v) is 3.83. The highest BCUT2D eigenvalue weighted by atomic mass is 35.5. The first-order valence-electron chi connectivity index (χ1n) is 6.59. The van der Waals surface area contributed by atoms with Crippen LogP contribution >= 0.6 is 11.6 Å². The molecule has 0 spiro atoms. The van der Waals surface area contributed by atoms with E-state index in [9.17, 15) is 4.39 Å². The summed E-state index contributed by atoms with van der Waals surface area (Å²) in [5.74, 6) is 0.415. The van der Waals surface area contributed by atoms with Gasteiger partial charge in [0.25, 0.3) is 0 Å². The molecule has 0 aliphatic heterocycles. The first-order valence-corrected chi connectivity index (χ1v) is 6.97. The predicted octanol–water partition coefficient (Wildman–Crippen LogP) is 3.62. The van der Waals surface area contributed by atoms with Gasteiger partial charge in [-0.25, -0.2) is 4.39 Å². The predicted molar refractivity (Wildman–Crippen MR) is 84.6 cm³/mol. The molecule has 0 amide bonds. The van der Waals surface area contributed by atoms with Crippen LogP contribution in [0, 0.1) is 5.82 Å². The van der Waals surface area contributed by atoms with Crippen LogP contribution < -0.4 is 15.4 Å². The summed E-state index contributed by atoms with van der Waals surface area (Å²) < 4.78 is 19.2. The lowest BCUT2D eigenvalue weighted by molar-refractivity contribution is 0.415. The van der Waals surface area contributed by atoms with E-state index in [1.54, 1.807) is 19.2 Å². The molecule has 1 atom stereocenters. The highest BCUT2D eigenvalue weighted by Crippen LogP contribution is 2.32. The summed E-state index contributed by atoms with van der Waals surface area (Å²) in [4.78, 5) is 1.91. The zero-order valence-corrected chi connectivity index (χ0v) is 12.8. The van der Waals surface area contributed by atoms with Gasteiger partial charge in [-0.2, -0.15) is 0 Å². The summed E-state index contributed by atoms with van der Waals surface area (Å²) in [5.41, 5.74) is 7.17. The fourth-order valence-electron chi connectivity index (χ4n) is 2.30. The van der Waals surface area contributed by atoms with Crippen LogP contribution in [-0.4, -0.2) is 20.7 Å². The first-order chi connectivity index (χ1) is 10.1. The monoisotopic (exact) mass is 308 g/mol. The zero-order chi connectivity index (χ0) is 15.4. The van der Waals surface area contributed by atoms with Gasteiger partial charge in [0.1, 0.15) is 11.6 Å². The number of methoxy groups -OCH3 is 1. The number of halogens is 2. The van der Waals surface area contributed by atoms with Crippen molar-refractivity contribution in [3.8, 4) is 5.75 Å². The Hall–Kier alpha value is -1.78. The van der Waals surface area contributed by atoms with Crippen LogP contribution in [-0.2, 0) is 0 Å². The number of likely N-dealkylation sites (N-methyl/N-ethyl adjacent to an activating group) is 1. The van der Waals surface area contributed by atoms with Gasteiger partial charge < -0.3 is 15.4 Å². The summed E-state index contributed by atoms with van der Waals surface area (Å²) >= 11 is 6.14. The molecule has 0 saturated carbocycles. The van der Waals surface area contributed by atoms with Crippen LogP contribution in [0.4, 0.5) is 10.1 Å². The molecule has 5 heteroatoms. The van der Waals surface area contributed by atoms with E-state index in [1.165, 1.54) is 6.07 Å². The molecule has 3 nitrogen and oxygen atoms in total. The Morgan fingerprint density at radius 2 is 1.90 bits per heavy atom. The number of hydrogen-bond donors (Lipinski definition) is 1. The molecule has 2 rings (SSSR count). The normalized spacial score (nSPS) is 12.0. The van der Waals surface area contributed by atoms with Crippen LogP contribution in [0.15, 0.2) is 42.5 Å². The number of benzene rings is 2. The van der Waals surface area contributed by atoms with Crippen LogP contribution in [0.25, 0.3) is 0 Å². The van der Waals surface area contributed by atoms with Crippen molar-refractivity contribution in [3.63, 3.8) is 0 Å². The Kier molecular flexibility index (Phi) is 5.04. The van der Waals surface area contributed by atoms with Gasteiger partial charge in [-0.15, -0.1) is 0 Å². The van der Waals surface area contributed by atoms with Crippen LogP contribution in [0.5, 0.6) is 5.75 Å². The fraction of sp³-hybridized carbons (Fsp3) is 0.250. The number of hydrogen-bond acceptors (Lipinski definition) is 3. The lowest BCUT2D eigenvalue weighted by Crippen LogP contribution is -2.31. The van der Waals surface area contributed by atoms with Gasteiger partial charge in [-0.1, -0.05) is 17.7 Å². The Morgan fingerprint density at radius 3 is 2.43 bits per heavy atom. The summed E-state index contributed by atoms with van der Waals surface area (Å²) in [6.07, 6.45) is 0. The van der Waals surface area contributed by atoms with Gasteiger partial charge >= 0.3 is 0 Å². The number of nitrogens with two attached hydrogens (primary N) is 1. The standard InChI is InChI=1S/C16H18ClFN2O/c1-20(11-6-8-12(21-2)9-7-11)15(10-19)16-13(17)4-3-5-14(16)18/h3-9,15H,10,19H2,1-2H3. The fourth-order valence-corrected chi connectivity index (χ4v) is 2.58. The smallest absolute Gasteiger partial charge is 0.130 e. The Labute approximate surface area is 129 Å². The molecule has 0 aliphatic carbocycles. The molecule has 21 heavy (non-hydrogen) atoms. The second kappa shape index (κ2) is 6.78. The van der Waals surface area contributed by atoms with Gasteiger partial charge in [0, 0.05) is 29.9 Å². The largest absolute Gasteiger partial charge is 0.497 e. The maximum Gasteiger partial charge on any atom is 0.130 e. The molecule has 0 aromatic heterocycles. The lowest BCUT2D eigenvalue weighted by atomic mass is 10.0. The molecule has 0 bridgehead atoms. The lowest BCUT2D eigenvalue weighted by Gasteiger charge is -2.30. The summed E-state index contributed by atoms with van der Waals surface area (Å²) in [7, 11) is 3.47. The number of anilines is 1. The van der Waals surface area contributed by atoms with E-state index in [-0.39, 0.29) is 18.4 Å². The number of nitrogens with zero attached hydrogens (tertiary/aromatic N) is 1. The molecule has 0 heterocycles. The van der Waals surface area contributed by atoms with E-state index in [1.807, 2.05) is 36.2 Å². The maximum atomic E-state index is 14.1. The number of rotatable bonds is 5. The SMILES string of the molecule is COc1ccc(N(C)C(CN)c2c(F)cccc2Cl)cc1. The van der Waals surface area contributed by atoms with Crippen molar-refractivity contribution in [2.45, 2.75) is 6.04 Å². The highest BCUT2D eigenvalue weighted by Gasteiger charge is 2.22. The summed E-state index contributed by atoms with van der Waals surface area (Å²) in [6.45, 7) is 0.253. The molecule has 112 valence electrons. The van der Waals surface area contributed by atoms with Gasteiger partial charge in [0.2, 0.25) is 0 Å². The Morgan fingerprint density at radius 1 is 1.24 bits per heavy atom. The molecule has 1 unspecified atom stereocenters. The van der Waals surface area contributed by atoms with Gasteiger partial charge in [0.05, 0.1) is 13.2 Å². The van der Waals surface area contributed by atoms with Crippen molar-refractivity contribution in [1.29, 1.82) is 0 Å². The van der Waals surface area contributed by atoms with E-state index in [0.29, 0.717) is 10.6 Å². The minimum atomic E-state index is -0.349. The average molecular weight is 309 g/mol. The maximum absolute atomic E-state index is 14.1. The molecule has 2 N–H and O–H groups in total. The minimum absolute atomic E-state index is 0.253. The molecule has 2 aromatic carbocycles. The van der Waals surface area contributed by atoms with Crippen molar-refractivity contribution in [1.82, 2.24) is 0 Å². The quantitative estimate of drug-likeness (QED) is 0.917. The van der Waals surface area contributed by atoms with E-state index >= 15 is 0 Å². The zero-order valence-electron chi connectivity index (χ0n) is 12.0. The van der Waals surface area contributed by atoms with E-state index in [2.05, 4.69) is 0 Å². The van der Waals surface area contributed by atoms with Crippen LogP contribution in [0.1, 0.15) is 11.6 Å². The molecule has 2 aromatic rings. The summed E-state index contributed by atoms with van der Waals surface area (Å²) in [5, 5.41) is 0.380. The van der Waals surface area contributed by atoms with Crippen molar-refractivity contribution < 1.29 is 9.13 Å². The van der Waals surface area contributed by atoms with Gasteiger partial charge in [0.15, 0.2) is 0 Å². The first kappa shape index (κ1) is 15.6. The van der Waals surface area contributed by atoms with E-state index in [4.69, 9.17) is 22.1 Å². The van der Waals surface area contributed by atoms with E-state index < -0.39 is 0 Å². The Balaban J connectivity index is 2.35. The molecule has 0 radical (unpaired) electrons. The molecule has 0 saturated heterocycles. The van der Waals surface area contributed by atoms with Crippen molar-refractivity contribution >= 4 is 17.3 Å². The third kappa shape index (κ3) is 3.28. The highest BCUT2D eigenvalue weighted by molar-refractivity contribution is 6.31. The van der Waals surface area contributed by atoms with Crippen LogP contribution in [0.2, 0.25) is 5.02 Å². The average Bonchev–Trinajstić information content (AvgIpc) is 2.50.